The van der Waals surface area contributed by atoms with Crippen LogP contribution in [0.4, 0.5) is 0 Å². The Bertz CT molecular complexity index is 158. The standard InChI is InChI=1S/C15H34N2/c1-7-9-10-15(8-2)16-11-12-17(13(3)4)14(5)6/h13-16H,7-12H2,1-6H3. The lowest BCUT2D eigenvalue weighted by Gasteiger charge is -2.31. The van der Waals surface area contributed by atoms with Gasteiger partial charge in [0, 0.05) is 31.2 Å². The van der Waals surface area contributed by atoms with Gasteiger partial charge in [0.15, 0.2) is 0 Å². The minimum absolute atomic E-state index is 0.646. The molecule has 0 radical (unpaired) electrons. The van der Waals surface area contributed by atoms with Crippen LogP contribution in [-0.4, -0.2) is 36.1 Å². The fraction of sp³-hybridized carbons (Fsp3) is 1.00. The van der Waals surface area contributed by atoms with E-state index in [1.807, 2.05) is 0 Å². The highest BCUT2D eigenvalue weighted by Gasteiger charge is 2.13. The number of rotatable bonds is 10. The molecule has 0 fully saturated rings. The van der Waals surface area contributed by atoms with Crippen molar-refractivity contribution < 1.29 is 0 Å². The van der Waals surface area contributed by atoms with Crippen molar-refractivity contribution in [1.29, 1.82) is 0 Å². The molecule has 0 aliphatic heterocycles. The SMILES string of the molecule is CCCCC(CC)NCCN(C(C)C)C(C)C. The smallest absolute Gasteiger partial charge is 0.0112 e. The molecule has 0 amide bonds. The number of hydrogen-bond donors (Lipinski definition) is 1. The summed E-state index contributed by atoms with van der Waals surface area (Å²) in [6.45, 7) is 16.0. The summed E-state index contributed by atoms with van der Waals surface area (Å²) >= 11 is 0. The van der Waals surface area contributed by atoms with Gasteiger partial charge in [-0.15, -0.1) is 0 Å². The Morgan fingerprint density at radius 1 is 1.00 bits per heavy atom. The van der Waals surface area contributed by atoms with Gasteiger partial charge in [-0.25, -0.2) is 0 Å². The van der Waals surface area contributed by atoms with Gasteiger partial charge >= 0.3 is 0 Å². The quantitative estimate of drug-likeness (QED) is 0.629. The van der Waals surface area contributed by atoms with Crippen molar-refractivity contribution in [2.45, 2.75) is 85.4 Å². The first-order chi connectivity index (χ1) is 8.02. The molecule has 0 saturated carbocycles. The van der Waals surface area contributed by atoms with Crippen molar-refractivity contribution in [2.24, 2.45) is 0 Å². The minimum Gasteiger partial charge on any atom is -0.313 e. The first kappa shape index (κ1) is 16.9. The van der Waals surface area contributed by atoms with Crippen LogP contribution in [0.25, 0.3) is 0 Å². The second-order valence-corrected chi connectivity index (χ2v) is 5.63. The van der Waals surface area contributed by atoms with E-state index in [0.29, 0.717) is 12.1 Å². The van der Waals surface area contributed by atoms with E-state index in [1.54, 1.807) is 0 Å². The van der Waals surface area contributed by atoms with Crippen LogP contribution in [-0.2, 0) is 0 Å². The largest absolute Gasteiger partial charge is 0.313 e. The molecule has 0 heterocycles. The van der Waals surface area contributed by atoms with E-state index in [1.165, 1.54) is 25.7 Å². The predicted octanol–water partition coefficient (Wildman–Crippen LogP) is 3.66. The van der Waals surface area contributed by atoms with E-state index in [-0.39, 0.29) is 0 Å². The molecule has 0 aliphatic carbocycles. The summed E-state index contributed by atoms with van der Waals surface area (Å²) in [5, 5.41) is 3.70. The van der Waals surface area contributed by atoms with Crippen molar-refractivity contribution in [2.75, 3.05) is 13.1 Å². The van der Waals surface area contributed by atoms with Crippen molar-refractivity contribution in [3.63, 3.8) is 0 Å². The summed E-state index contributed by atoms with van der Waals surface area (Å²) in [4.78, 5) is 2.56. The van der Waals surface area contributed by atoms with Crippen LogP contribution < -0.4 is 5.32 Å². The Balaban J connectivity index is 3.84. The van der Waals surface area contributed by atoms with E-state index < -0.39 is 0 Å². The molecule has 1 atom stereocenters. The van der Waals surface area contributed by atoms with Gasteiger partial charge in [0.25, 0.3) is 0 Å². The summed E-state index contributed by atoms with van der Waals surface area (Å²) in [5.74, 6) is 0. The molecular weight excluding hydrogens is 208 g/mol. The molecule has 1 N–H and O–H groups in total. The Morgan fingerprint density at radius 3 is 2.00 bits per heavy atom. The molecule has 2 nitrogen and oxygen atoms in total. The first-order valence-electron chi connectivity index (χ1n) is 7.51. The van der Waals surface area contributed by atoms with Crippen molar-refractivity contribution in [3.8, 4) is 0 Å². The highest BCUT2D eigenvalue weighted by atomic mass is 15.2. The highest BCUT2D eigenvalue weighted by molar-refractivity contribution is 4.71. The van der Waals surface area contributed by atoms with Gasteiger partial charge in [-0.2, -0.15) is 0 Å². The van der Waals surface area contributed by atoms with Gasteiger partial charge in [-0.1, -0.05) is 26.7 Å². The van der Waals surface area contributed by atoms with Crippen LogP contribution in [0.3, 0.4) is 0 Å². The molecular formula is C15H34N2. The Hall–Kier alpha value is -0.0800. The van der Waals surface area contributed by atoms with Crippen LogP contribution in [0.5, 0.6) is 0 Å². The summed E-state index contributed by atoms with van der Waals surface area (Å²) in [5.41, 5.74) is 0. The molecule has 0 saturated heterocycles. The molecule has 0 aromatic heterocycles. The predicted molar refractivity (Wildman–Crippen MR) is 78.6 cm³/mol. The zero-order chi connectivity index (χ0) is 13.3. The fourth-order valence-corrected chi connectivity index (χ4v) is 2.41. The average Bonchev–Trinajstić information content (AvgIpc) is 2.27. The summed E-state index contributed by atoms with van der Waals surface area (Å²) in [7, 11) is 0. The number of hydrogen-bond acceptors (Lipinski definition) is 2. The van der Waals surface area contributed by atoms with E-state index in [2.05, 4.69) is 51.8 Å². The van der Waals surface area contributed by atoms with Crippen molar-refractivity contribution >= 4 is 0 Å². The molecule has 0 spiro atoms. The molecule has 17 heavy (non-hydrogen) atoms. The Labute approximate surface area is 109 Å². The average molecular weight is 242 g/mol. The summed E-state index contributed by atoms with van der Waals surface area (Å²) in [6, 6.07) is 2.01. The maximum Gasteiger partial charge on any atom is 0.0112 e. The zero-order valence-corrected chi connectivity index (χ0v) is 12.9. The monoisotopic (exact) mass is 242 g/mol. The maximum atomic E-state index is 3.70. The van der Waals surface area contributed by atoms with Crippen molar-refractivity contribution in [3.05, 3.63) is 0 Å². The van der Waals surface area contributed by atoms with Crippen molar-refractivity contribution in [1.82, 2.24) is 10.2 Å². The van der Waals surface area contributed by atoms with Gasteiger partial charge in [-0.05, 0) is 40.5 Å². The minimum atomic E-state index is 0.646. The van der Waals surface area contributed by atoms with E-state index in [9.17, 15) is 0 Å². The lowest BCUT2D eigenvalue weighted by molar-refractivity contribution is 0.173. The first-order valence-corrected chi connectivity index (χ1v) is 7.51. The van der Waals surface area contributed by atoms with Crippen LogP contribution in [0.1, 0.15) is 67.2 Å². The zero-order valence-electron chi connectivity index (χ0n) is 12.9. The van der Waals surface area contributed by atoms with Gasteiger partial charge < -0.3 is 5.32 Å². The van der Waals surface area contributed by atoms with E-state index in [4.69, 9.17) is 0 Å². The van der Waals surface area contributed by atoms with Crippen LogP contribution in [0.15, 0.2) is 0 Å². The maximum absolute atomic E-state index is 3.70. The molecule has 1 unspecified atom stereocenters. The summed E-state index contributed by atoms with van der Waals surface area (Å²) in [6.07, 6.45) is 5.24. The molecule has 104 valence electrons. The second-order valence-electron chi connectivity index (χ2n) is 5.63. The molecule has 0 aromatic carbocycles. The van der Waals surface area contributed by atoms with Crippen LogP contribution >= 0.6 is 0 Å². The summed E-state index contributed by atoms with van der Waals surface area (Å²) < 4.78 is 0. The van der Waals surface area contributed by atoms with Gasteiger partial charge in [-0.3, -0.25) is 4.90 Å². The lowest BCUT2D eigenvalue weighted by atomic mass is 10.1. The van der Waals surface area contributed by atoms with Gasteiger partial charge in [0.2, 0.25) is 0 Å². The third-order valence-electron chi connectivity index (χ3n) is 3.53. The molecule has 0 bridgehead atoms. The second kappa shape index (κ2) is 9.90. The molecule has 0 rings (SSSR count). The third kappa shape index (κ3) is 7.77. The van der Waals surface area contributed by atoms with Gasteiger partial charge in [0.1, 0.15) is 0 Å². The van der Waals surface area contributed by atoms with Gasteiger partial charge in [0.05, 0.1) is 0 Å². The number of nitrogens with one attached hydrogen (secondary N) is 1. The highest BCUT2D eigenvalue weighted by Crippen LogP contribution is 2.06. The Kier molecular flexibility index (Phi) is 9.85. The van der Waals surface area contributed by atoms with Crippen LogP contribution in [0.2, 0.25) is 0 Å². The number of unbranched alkanes of at least 4 members (excludes halogenated alkanes) is 1. The Morgan fingerprint density at radius 2 is 1.59 bits per heavy atom. The third-order valence-corrected chi connectivity index (χ3v) is 3.53. The van der Waals surface area contributed by atoms with E-state index >= 15 is 0 Å². The normalized spacial score (nSPS) is 13.9. The molecule has 0 aliphatic rings. The number of nitrogens with zero attached hydrogens (tertiary/aromatic N) is 1. The molecule has 2 heteroatoms. The van der Waals surface area contributed by atoms with Crippen LogP contribution in [0, 0.1) is 0 Å². The molecule has 0 aromatic rings. The van der Waals surface area contributed by atoms with E-state index in [0.717, 1.165) is 19.1 Å². The fourth-order valence-electron chi connectivity index (χ4n) is 2.41. The topological polar surface area (TPSA) is 15.3 Å². The lowest BCUT2D eigenvalue weighted by Crippen LogP contribution is -2.43.